The minimum atomic E-state index is -4.90. The number of benzene rings is 2. The van der Waals surface area contributed by atoms with Crippen LogP contribution in [-0.4, -0.2) is 27.7 Å². The van der Waals surface area contributed by atoms with E-state index in [2.05, 4.69) is 10.1 Å². The molecule has 0 fully saturated rings. The standard InChI is InChI=1S/C20H14F3N3OS/c21-20(22,23)19(27)15-10-13-8-4-5-9-14(13)17(15)25-26(19)18-24-16(11-28-18)12-6-2-1-3-7-12/h1-9,11,15,27H,10H2. The van der Waals surface area contributed by atoms with Gasteiger partial charge in [0.15, 0.2) is 0 Å². The van der Waals surface area contributed by atoms with Crippen LogP contribution in [0.15, 0.2) is 65.1 Å². The Morgan fingerprint density at radius 1 is 1.07 bits per heavy atom. The number of halogens is 3. The zero-order chi connectivity index (χ0) is 19.5. The van der Waals surface area contributed by atoms with E-state index in [1.807, 2.05) is 30.3 Å². The molecule has 0 saturated carbocycles. The van der Waals surface area contributed by atoms with E-state index in [1.165, 1.54) is 0 Å². The number of aromatic nitrogens is 1. The zero-order valence-electron chi connectivity index (χ0n) is 14.4. The van der Waals surface area contributed by atoms with Gasteiger partial charge in [-0.1, -0.05) is 54.6 Å². The van der Waals surface area contributed by atoms with Gasteiger partial charge in [0, 0.05) is 16.5 Å². The molecule has 2 aromatic carbocycles. The Morgan fingerprint density at radius 3 is 2.54 bits per heavy atom. The fraction of sp³-hybridized carbons (Fsp3) is 0.200. The van der Waals surface area contributed by atoms with Crippen LogP contribution in [0.25, 0.3) is 11.3 Å². The van der Waals surface area contributed by atoms with E-state index < -0.39 is 17.8 Å². The smallest absolute Gasteiger partial charge is 0.362 e. The van der Waals surface area contributed by atoms with Gasteiger partial charge in [-0.3, -0.25) is 0 Å². The van der Waals surface area contributed by atoms with Crippen LogP contribution in [0.3, 0.4) is 0 Å². The van der Waals surface area contributed by atoms with Gasteiger partial charge < -0.3 is 5.11 Å². The molecular weight excluding hydrogens is 387 g/mol. The molecule has 0 amide bonds. The van der Waals surface area contributed by atoms with Gasteiger partial charge in [-0.15, -0.1) is 11.3 Å². The monoisotopic (exact) mass is 401 g/mol. The zero-order valence-corrected chi connectivity index (χ0v) is 15.2. The minimum absolute atomic E-state index is 0.0121. The molecule has 1 aliphatic heterocycles. The number of nitrogens with zero attached hydrogens (tertiary/aromatic N) is 3. The average molecular weight is 401 g/mol. The highest BCUT2D eigenvalue weighted by atomic mass is 32.1. The first-order valence-corrected chi connectivity index (χ1v) is 9.54. The van der Waals surface area contributed by atoms with E-state index in [-0.39, 0.29) is 17.3 Å². The van der Waals surface area contributed by atoms with Gasteiger partial charge in [0.1, 0.15) is 0 Å². The number of hydrogen-bond acceptors (Lipinski definition) is 5. The largest absolute Gasteiger partial charge is 0.439 e. The molecule has 1 aromatic heterocycles. The second-order valence-corrected chi connectivity index (χ2v) is 7.65. The number of anilines is 1. The summed E-state index contributed by atoms with van der Waals surface area (Å²) in [5.74, 6) is -1.19. The molecule has 3 aromatic rings. The molecule has 2 heterocycles. The number of thiazole rings is 1. The highest BCUT2D eigenvalue weighted by molar-refractivity contribution is 7.14. The Bertz CT molecular complexity index is 1080. The predicted molar refractivity (Wildman–Crippen MR) is 101 cm³/mol. The van der Waals surface area contributed by atoms with Crippen molar-refractivity contribution in [3.63, 3.8) is 0 Å². The van der Waals surface area contributed by atoms with Crippen LogP contribution >= 0.6 is 11.3 Å². The fourth-order valence-corrected chi connectivity index (χ4v) is 4.69. The van der Waals surface area contributed by atoms with Crippen LogP contribution in [0.2, 0.25) is 0 Å². The molecule has 28 heavy (non-hydrogen) atoms. The Hall–Kier alpha value is -2.71. The lowest BCUT2D eigenvalue weighted by molar-refractivity contribution is -0.267. The molecule has 1 aliphatic carbocycles. The SMILES string of the molecule is OC1(C(F)(F)F)C2Cc3ccccc3C2=NN1c1nc(-c2ccccc2)cs1. The van der Waals surface area contributed by atoms with E-state index in [0.717, 1.165) is 22.5 Å². The fourth-order valence-electron chi connectivity index (χ4n) is 3.85. The second-order valence-electron chi connectivity index (χ2n) is 6.82. The van der Waals surface area contributed by atoms with Crippen molar-refractivity contribution in [2.75, 3.05) is 5.01 Å². The van der Waals surface area contributed by atoms with Gasteiger partial charge in [0.05, 0.1) is 17.3 Å². The van der Waals surface area contributed by atoms with Crippen molar-refractivity contribution >= 4 is 22.2 Å². The molecule has 0 spiro atoms. The predicted octanol–water partition coefficient (Wildman–Crippen LogP) is 4.46. The summed E-state index contributed by atoms with van der Waals surface area (Å²) in [5, 5.41) is 17.5. The summed E-state index contributed by atoms with van der Waals surface area (Å²) in [6.45, 7) is 0. The van der Waals surface area contributed by atoms with Crippen LogP contribution in [0, 0.1) is 5.92 Å². The van der Waals surface area contributed by atoms with Crippen molar-refractivity contribution in [1.29, 1.82) is 0 Å². The van der Waals surface area contributed by atoms with Crippen molar-refractivity contribution < 1.29 is 18.3 Å². The number of fused-ring (bicyclic) bond motifs is 3. The van der Waals surface area contributed by atoms with Crippen LogP contribution in [0.5, 0.6) is 0 Å². The molecule has 0 bridgehead atoms. The molecule has 2 unspecified atom stereocenters. The van der Waals surface area contributed by atoms with Crippen molar-refractivity contribution in [1.82, 2.24) is 4.98 Å². The van der Waals surface area contributed by atoms with Crippen molar-refractivity contribution in [2.45, 2.75) is 18.3 Å². The Balaban J connectivity index is 1.62. The summed E-state index contributed by atoms with van der Waals surface area (Å²) in [6.07, 6.45) is -4.82. The molecule has 5 rings (SSSR count). The van der Waals surface area contributed by atoms with Crippen LogP contribution < -0.4 is 5.01 Å². The summed E-state index contributed by atoms with van der Waals surface area (Å²) < 4.78 is 42.3. The average Bonchev–Trinajstić information content (AvgIpc) is 3.36. The molecule has 1 N–H and O–H groups in total. The Labute approximate surface area is 162 Å². The van der Waals surface area contributed by atoms with Gasteiger partial charge in [-0.05, 0) is 12.0 Å². The highest BCUT2D eigenvalue weighted by Gasteiger charge is 2.69. The first-order valence-electron chi connectivity index (χ1n) is 8.66. The number of alkyl halides is 3. The summed E-state index contributed by atoms with van der Waals surface area (Å²) in [7, 11) is 0. The third-order valence-electron chi connectivity index (χ3n) is 5.22. The molecule has 0 saturated heterocycles. The summed E-state index contributed by atoms with van der Waals surface area (Å²) in [6, 6.07) is 16.2. The summed E-state index contributed by atoms with van der Waals surface area (Å²) in [5.41, 5.74) is -0.129. The molecular formula is C20H14F3N3OS. The maximum Gasteiger partial charge on any atom is 0.439 e. The molecule has 2 aliphatic rings. The van der Waals surface area contributed by atoms with Gasteiger partial charge in [0.2, 0.25) is 5.13 Å². The lowest BCUT2D eigenvalue weighted by atomic mass is 9.91. The molecule has 142 valence electrons. The third kappa shape index (κ3) is 2.34. The van der Waals surface area contributed by atoms with E-state index >= 15 is 0 Å². The van der Waals surface area contributed by atoms with Crippen molar-refractivity contribution in [2.24, 2.45) is 11.0 Å². The summed E-state index contributed by atoms with van der Waals surface area (Å²) >= 11 is 1.03. The van der Waals surface area contributed by atoms with E-state index in [4.69, 9.17) is 0 Å². The first kappa shape index (κ1) is 17.4. The quantitative estimate of drug-likeness (QED) is 0.690. The molecule has 8 heteroatoms. The minimum Gasteiger partial charge on any atom is -0.362 e. The number of aliphatic hydroxyl groups is 1. The molecule has 4 nitrogen and oxygen atoms in total. The number of hydrogen-bond donors (Lipinski definition) is 1. The van der Waals surface area contributed by atoms with Gasteiger partial charge in [0.25, 0.3) is 5.72 Å². The van der Waals surface area contributed by atoms with Crippen LogP contribution in [0.4, 0.5) is 18.3 Å². The number of rotatable bonds is 2. The van der Waals surface area contributed by atoms with Gasteiger partial charge in [-0.25, -0.2) is 4.98 Å². The Morgan fingerprint density at radius 2 is 1.79 bits per heavy atom. The van der Waals surface area contributed by atoms with E-state index in [0.29, 0.717) is 16.3 Å². The van der Waals surface area contributed by atoms with E-state index in [1.54, 1.807) is 29.6 Å². The maximum atomic E-state index is 14.1. The summed E-state index contributed by atoms with van der Waals surface area (Å²) in [4.78, 5) is 4.33. The van der Waals surface area contributed by atoms with Crippen molar-refractivity contribution in [3.05, 3.63) is 71.1 Å². The Kier molecular flexibility index (Phi) is 3.66. The highest BCUT2D eigenvalue weighted by Crippen LogP contribution is 2.51. The maximum absolute atomic E-state index is 14.1. The van der Waals surface area contributed by atoms with Crippen LogP contribution in [-0.2, 0) is 6.42 Å². The topological polar surface area (TPSA) is 48.7 Å². The molecule has 0 radical (unpaired) electrons. The van der Waals surface area contributed by atoms with Gasteiger partial charge in [-0.2, -0.15) is 23.3 Å². The van der Waals surface area contributed by atoms with Crippen LogP contribution in [0.1, 0.15) is 11.1 Å². The van der Waals surface area contributed by atoms with Gasteiger partial charge >= 0.3 is 6.18 Å². The first-order chi connectivity index (χ1) is 13.4. The molecule has 2 atom stereocenters. The second kappa shape index (κ2) is 5.89. The lowest BCUT2D eigenvalue weighted by Gasteiger charge is -2.36. The van der Waals surface area contributed by atoms with E-state index in [9.17, 15) is 18.3 Å². The third-order valence-corrected chi connectivity index (χ3v) is 6.04. The normalized spacial score (nSPS) is 23.5. The van der Waals surface area contributed by atoms with Crippen molar-refractivity contribution in [3.8, 4) is 11.3 Å². The lowest BCUT2D eigenvalue weighted by Crippen LogP contribution is -2.60. The number of hydrazone groups is 1.